The second-order valence-electron chi connectivity index (χ2n) is 6.11. The van der Waals surface area contributed by atoms with Gasteiger partial charge in [0.25, 0.3) is 0 Å². The van der Waals surface area contributed by atoms with Crippen molar-refractivity contribution >= 4 is 16.9 Å². The van der Waals surface area contributed by atoms with Gasteiger partial charge in [-0.25, -0.2) is 0 Å². The van der Waals surface area contributed by atoms with Crippen LogP contribution in [0.25, 0.3) is 11.0 Å². The minimum atomic E-state index is 0.0418. The number of fused-ring (bicyclic) bond motifs is 1. The first-order valence-corrected chi connectivity index (χ1v) is 8.42. The van der Waals surface area contributed by atoms with Crippen molar-refractivity contribution in [3.8, 4) is 5.75 Å². The highest BCUT2D eigenvalue weighted by Crippen LogP contribution is 2.18. The minimum Gasteiger partial charge on any atom is -0.489 e. The van der Waals surface area contributed by atoms with Gasteiger partial charge in [-0.1, -0.05) is 12.1 Å². The predicted molar refractivity (Wildman–Crippen MR) is 92.0 cm³/mol. The zero-order valence-electron chi connectivity index (χ0n) is 13.8. The molecule has 128 valence electrons. The molecular formula is C18H19N5O2. The van der Waals surface area contributed by atoms with Crippen molar-refractivity contribution in [2.75, 3.05) is 13.1 Å². The smallest absolute Gasteiger partial charge is 0.246 e. The normalized spacial score (nSPS) is 15.4. The summed E-state index contributed by atoms with van der Waals surface area (Å²) >= 11 is 0. The first-order chi connectivity index (χ1) is 12.3. The second-order valence-corrected chi connectivity index (χ2v) is 6.11. The highest BCUT2D eigenvalue weighted by Gasteiger charge is 2.24. The summed E-state index contributed by atoms with van der Waals surface area (Å²) in [5.41, 5.74) is 1.61. The van der Waals surface area contributed by atoms with Crippen molar-refractivity contribution in [2.45, 2.75) is 25.5 Å². The second kappa shape index (κ2) is 6.88. The Morgan fingerprint density at radius 1 is 1.08 bits per heavy atom. The van der Waals surface area contributed by atoms with E-state index in [9.17, 15) is 4.79 Å². The Kier molecular flexibility index (Phi) is 4.28. The number of hydrogen-bond acceptors (Lipinski definition) is 5. The Morgan fingerprint density at radius 2 is 1.80 bits per heavy atom. The third-order valence-electron chi connectivity index (χ3n) is 4.34. The first-order valence-electron chi connectivity index (χ1n) is 8.42. The van der Waals surface area contributed by atoms with Crippen LogP contribution in [0, 0.1) is 0 Å². The molecule has 1 aliphatic rings. The van der Waals surface area contributed by atoms with E-state index in [-0.39, 0.29) is 18.6 Å². The lowest BCUT2D eigenvalue weighted by Crippen LogP contribution is -2.43. The average molecular weight is 337 g/mol. The molecule has 1 aliphatic heterocycles. The van der Waals surface area contributed by atoms with Crippen LogP contribution in [0.2, 0.25) is 0 Å². The Morgan fingerprint density at radius 3 is 2.44 bits per heavy atom. The summed E-state index contributed by atoms with van der Waals surface area (Å²) < 4.78 is 5.91. The maximum absolute atomic E-state index is 12.5. The topological polar surface area (TPSA) is 73.1 Å². The molecule has 4 rings (SSSR count). The van der Waals surface area contributed by atoms with Gasteiger partial charge in [0.2, 0.25) is 5.91 Å². The summed E-state index contributed by atoms with van der Waals surface area (Å²) in [4.78, 5) is 19.9. The summed E-state index contributed by atoms with van der Waals surface area (Å²) in [6, 6.07) is 11.4. The average Bonchev–Trinajstić information content (AvgIpc) is 3.05. The molecule has 1 fully saturated rings. The van der Waals surface area contributed by atoms with Crippen molar-refractivity contribution in [3.63, 3.8) is 0 Å². The van der Waals surface area contributed by atoms with Crippen LogP contribution in [-0.2, 0) is 11.3 Å². The van der Waals surface area contributed by atoms with E-state index in [1.807, 2.05) is 41.3 Å². The largest absolute Gasteiger partial charge is 0.489 e. The molecule has 1 saturated heterocycles. The number of aromatic nitrogens is 4. The molecule has 1 amide bonds. The van der Waals surface area contributed by atoms with Gasteiger partial charge >= 0.3 is 0 Å². The van der Waals surface area contributed by atoms with E-state index in [4.69, 9.17) is 4.74 Å². The van der Waals surface area contributed by atoms with Gasteiger partial charge in [0, 0.05) is 32.1 Å². The highest BCUT2D eigenvalue weighted by molar-refractivity contribution is 5.77. The number of carbonyl (C=O) groups is 1. The molecule has 0 atom stereocenters. The lowest BCUT2D eigenvalue weighted by Gasteiger charge is -2.32. The van der Waals surface area contributed by atoms with Crippen molar-refractivity contribution in [1.29, 1.82) is 0 Å². The zero-order chi connectivity index (χ0) is 17.1. The van der Waals surface area contributed by atoms with Gasteiger partial charge in [0.1, 0.15) is 29.4 Å². The van der Waals surface area contributed by atoms with Gasteiger partial charge < -0.3 is 9.64 Å². The standard InChI is InChI=1S/C18H19N5O2/c24-18(13-23-20-16-5-1-2-6-17(16)21-23)22-10-7-14(8-11-22)25-15-4-3-9-19-12-15/h1-6,9,12,14H,7-8,10-11,13H2. The minimum absolute atomic E-state index is 0.0418. The van der Waals surface area contributed by atoms with E-state index >= 15 is 0 Å². The van der Waals surface area contributed by atoms with Crippen LogP contribution in [-0.4, -0.2) is 50.0 Å². The molecule has 25 heavy (non-hydrogen) atoms. The van der Waals surface area contributed by atoms with E-state index < -0.39 is 0 Å². The summed E-state index contributed by atoms with van der Waals surface area (Å²) in [5, 5.41) is 8.69. The molecule has 0 bridgehead atoms. The van der Waals surface area contributed by atoms with E-state index in [1.165, 1.54) is 4.80 Å². The fourth-order valence-corrected chi connectivity index (χ4v) is 3.03. The van der Waals surface area contributed by atoms with Crippen LogP contribution in [0.4, 0.5) is 0 Å². The third kappa shape index (κ3) is 3.60. The quantitative estimate of drug-likeness (QED) is 0.727. The summed E-state index contributed by atoms with van der Waals surface area (Å²) in [6.07, 6.45) is 5.19. The molecule has 3 heterocycles. The molecule has 7 nitrogen and oxygen atoms in total. The number of hydrogen-bond donors (Lipinski definition) is 0. The van der Waals surface area contributed by atoms with Crippen molar-refractivity contribution < 1.29 is 9.53 Å². The monoisotopic (exact) mass is 337 g/mol. The number of likely N-dealkylation sites (tertiary alicyclic amines) is 1. The Balaban J connectivity index is 1.32. The van der Waals surface area contributed by atoms with Gasteiger partial charge in [-0.05, 0) is 24.3 Å². The number of nitrogens with zero attached hydrogens (tertiary/aromatic N) is 5. The lowest BCUT2D eigenvalue weighted by molar-refractivity contribution is -0.134. The fraction of sp³-hybridized carbons (Fsp3) is 0.333. The summed E-state index contributed by atoms with van der Waals surface area (Å²) in [7, 11) is 0. The molecule has 0 aliphatic carbocycles. The lowest BCUT2D eigenvalue weighted by atomic mass is 10.1. The van der Waals surface area contributed by atoms with Gasteiger partial charge in [-0.3, -0.25) is 9.78 Å². The molecule has 2 aromatic heterocycles. The van der Waals surface area contributed by atoms with Gasteiger partial charge in [0.15, 0.2) is 0 Å². The van der Waals surface area contributed by atoms with Crippen molar-refractivity contribution in [3.05, 3.63) is 48.8 Å². The molecule has 0 radical (unpaired) electrons. The van der Waals surface area contributed by atoms with Crippen LogP contribution in [0.3, 0.4) is 0 Å². The van der Waals surface area contributed by atoms with E-state index in [2.05, 4.69) is 15.2 Å². The third-order valence-corrected chi connectivity index (χ3v) is 4.34. The fourth-order valence-electron chi connectivity index (χ4n) is 3.03. The Bertz CT molecular complexity index is 823. The van der Waals surface area contributed by atoms with Crippen LogP contribution < -0.4 is 4.74 Å². The van der Waals surface area contributed by atoms with Crippen molar-refractivity contribution in [2.24, 2.45) is 0 Å². The van der Waals surface area contributed by atoms with Crippen LogP contribution >= 0.6 is 0 Å². The van der Waals surface area contributed by atoms with Crippen LogP contribution in [0.15, 0.2) is 48.8 Å². The molecule has 0 saturated carbocycles. The molecule has 7 heteroatoms. The number of amides is 1. The molecule has 0 N–H and O–H groups in total. The maximum atomic E-state index is 12.5. The zero-order valence-corrected chi connectivity index (χ0v) is 13.8. The number of piperidine rings is 1. The maximum Gasteiger partial charge on any atom is 0.246 e. The number of pyridine rings is 1. The van der Waals surface area contributed by atoms with E-state index in [0.29, 0.717) is 13.1 Å². The molecule has 0 spiro atoms. The molecule has 0 unspecified atom stereocenters. The van der Waals surface area contributed by atoms with Crippen LogP contribution in [0.5, 0.6) is 5.75 Å². The van der Waals surface area contributed by atoms with Crippen molar-refractivity contribution in [1.82, 2.24) is 24.9 Å². The predicted octanol–water partition coefficient (Wildman–Crippen LogP) is 1.90. The van der Waals surface area contributed by atoms with E-state index in [1.54, 1.807) is 12.4 Å². The molecule has 3 aromatic rings. The molecular weight excluding hydrogens is 318 g/mol. The van der Waals surface area contributed by atoms with Gasteiger partial charge in [0.05, 0.1) is 6.20 Å². The summed E-state index contributed by atoms with van der Waals surface area (Å²) in [6.45, 7) is 1.54. The number of ether oxygens (including phenoxy) is 1. The summed E-state index contributed by atoms with van der Waals surface area (Å²) in [5.74, 6) is 0.819. The van der Waals surface area contributed by atoms with E-state index in [0.717, 1.165) is 29.6 Å². The molecule has 1 aromatic carbocycles. The first kappa shape index (κ1) is 15.6. The Hall–Kier alpha value is -2.96. The van der Waals surface area contributed by atoms with Crippen LogP contribution in [0.1, 0.15) is 12.8 Å². The Labute approximate surface area is 145 Å². The van der Waals surface area contributed by atoms with Gasteiger partial charge in [-0.15, -0.1) is 0 Å². The van der Waals surface area contributed by atoms with Gasteiger partial charge in [-0.2, -0.15) is 15.0 Å². The number of rotatable bonds is 4. The number of carbonyl (C=O) groups excluding carboxylic acids is 1. The SMILES string of the molecule is O=C(Cn1nc2ccccc2n1)N1CCC(Oc2cccnc2)CC1. The highest BCUT2D eigenvalue weighted by atomic mass is 16.5. The number of benzene rings is 1.